The van der Waals surface area contributed by atoms with Crippen molar-refractivity contribution in [3.05, 3.63) is 0 Å². The minimum Gasteiger partial charge on any atom is -0.320 e. The Hall–Kier alpha value is -0.770. The molecule has 0 aromatic carbocycles. The third-order valence-corrected chi connectivity index (χ3v) is 4.51. The van der Waals surface area contributed by atoms with E-state index in [1.165, 1.54) is 38.5 Å². The van der Waals surface area contributed by atoms with Crippen molar-refractivity contribution in [1.29, 1.82) is 0 Å². The Kier molecular flexibility index (Phi) is 3.23. The van der Waals surface area contributed by atoms with Gasteiger partial charge < -0.3 is 15.1 Å². The smallest absolute Gasteiger partial charge is 0.320 e. The summed E-state index contributed by atoms with van der Waals surface area (Å²) in [5, 5.41) is 3.39. The Morgan fingerprint density at radius 3 is 2.47 bits per heavy atom. The maximum Gasteiger partial charge on any atom is 0.320 e. The van der Waals surface area contributed by atoms with Gasteiger partial charge in [-0.25, -0.2) is 4.79 Å². The lowest BCUT2D eigenvalue weighted by molar-refractivity contribution is 0.166. The molecule has 0 spiro atoms. The van der Waals surface area contributed by atoms with Gasteiger partial charge in [0.2, 0.25) is 0 Å². The van der Waals surface area contributed by atoms with Gasteiger partial charge in [0.05, 0.1) is 6.04 Å². The fraction of sp³-hybridized carbons (Fsp3) is 0.923. The van der Waals surface area contributed by atoms with Crippen LogP contribution in [0, 0.1) is 0 Å². The van der Waals surface area contributed by atoms with E-state index in [1.807, 2.05) is 0 Å². The standard InChI is InChI=1S/C13H23N3O/c17-13-15-8-7-14-9-12(15)10-16(13)11-5-3-1-2-4-6-11/h11-12,14H,1-10H2. The minimum atomic E-state index is 0.309. The molecule has 96 valence electrons. The molecular weight excluding hydrogens is 214 g/mol. The molecular formula is C13H23N3O. The van der Waals surface area contributed by atoms with E-state index in [9.17, 15) is 4.79 Å². The average Bonchev–Trinajstić information content (AvgIpc) is 2.57. The maximum atomic E-state index is 12.4. The molecule has 0 aromatic rings. The number of amides is 2. The van der Waals surface area contributed by atoms with Crippen molar-refractivity contribution in [2.75, 3.05) is 26.2 Å². The van der Waals surface area contributed by atoms with E-state index >= 15 is 0 Å². The zero-order valence-electron chi connectivity index (χ0n) is 10.5. The Morgan fingerprint density at radius 2 is 1.76 bits per heavy atom. The topological polar surface area (TPSA) is 35.6 Å². The van der Waals surface area contributed by atoms with E-state index < -0.39 is 0 Å². The van der Waals surface area contributed by atoms with Crippen LogP contribution in [0.4, 0.5) is 4.79 Å². The van der Waals surface area contributed by atoms with Gasteiger partial charge in [-0.3, -0.25) is 0 Å². The number of piperazine rings is 1. The first kappa shape index (κ1) is 11.3. The first-order valence-electron chi connectivity index (χ1n) is 7.14. The second-order valence-corrected chi connectivity index (χ2v) is 5.63. The molecule has 1 aliphatic carbocycles. The zero-order chi connectivity index (χ0) is 11.7. The number of hydrogen-bond acceptors (Lipinski definition) is 2. The number of rotatable bonds is 1. The van der Waals surface area contributed by atoms with Crippen LogP contribution in [0.1, 0.15) is 38.5 Å². The Morgan fingerprint density at radius 1 is 1.00 bits per heavy atom. The summed E-state index contributed by atoms with van der Waals surface area (Å²) in [7, 11) is 0. The maximum absolute atomic E-state index is 12.4. The Bertz CT molecular complexity index is 286. The highest BCUT2D eigenvalue weighted by Crippen LogP contribution is 2.27. The molecule has 4 nitrogen and oxygen atoms in total. The number of carbonyl (C=O) groups is 1. The molecule has 1 N–H and O–H groups in total. The van der Waals surface area contributed by atoms with Gasteiger partial charge >= 0.3 is 6.03 Å². The van der Waals surface area contributed by atoms with Gasteiger partial charge in [0.1, 0.15) is 0 Å². The molecule has 2 heterocycles. The van der Waals surface area contributed by atoms with Crippen LogP contribution in [0.2, 0.25) is 0 Å². The van der Waals surface area contributed by atoms with Gasteiger partial charge in [0, 0.05) is 32.2 Å². The molecule has 1 atom stereocenters. The van der Waals surface area contributed by atoms with Crippen molar-refractivity contribution in [2.45, 2.75) is 50.6 Å². The monoisotopic (exact) mass is 237 g/mol. The molecule has 2 aliphatic heterocycles. The van der Waals surface area contributed by atoms with Crippen molar-refractivity contribution in [1.82, 2.24) is 15.1 Å². The van der Waals surface area contributed by atoms with E-state index in [4.69, 9.17) is 0 Å². The highest BCUT2D eigenvalue weighted by molar-refractivity contribution is 5.77. The van der Waals surface area contributed by atoms with Crippen molar-refractivity contribution < 1.29 is 4.79 Å². The fourth-order valence-electron chi connectivity index (χ4n) is 3.52. The van der Waals surface area contributed by atoms with E-state index in [0.717, 1.165) is 26.2 Å². The van der Waals surface area contributed by atoms with Crippen LogP contribution >= 0.6 is 0 Å². The van der Waals surface area contributed by atoms with Gasteiger partial charge in [0.25, 0.3) is 0 Å². The molecule has 3 aliphatic rings. The summed E-state index contributed by atoms with van der Waals surface area (Å²) in [6.07, 6.45) is 7.76. The first-order valence-corrected chi connectivity index (χ1v) is 7.14. The largest absolute Gasteiger partial charge is 0.320 e. The van der Waals surface area contributed by atoms with Crippen LogP contribution in [0.25, 0.3) is 0 Å². The molecule has 2 amide bonds. The summed E-state index contributed by atoms with van der Waals surface area (Å²) in [4.78, 5) is 16.6. The summed E-state index contributed by atoms with van der Waals surface area (Å²) in [6.45, 7) is 3.79. The van der Waals surface area contributed by atoms with Crippen molar-refractivity contribution in [2.24, 2.45) is 0 Å². The van der Waals surface area contributed by atoms with Crippen molar-refractivity contribution >= 4 is 6.03 Å². The molecule has 3 fully saturated rings. The Balaban J connectivity index is 1.68. The van der Waals surface area contributed by atoms with Crippen LogP contribution in [-0.4, -0.2) is 54.1 Å². The van der Waals surface area contributed by atoms with Crippen molar-refractivity contribution in [3.8, 4) is 0 Å². The van der Waals surface area contributed by atoms with Crippen LogP contribution in [-0.2, 0) is 0 Å². The second-order valence-electron chi connectivity index (χ2n) is 5.63. The molecule has 1 saturated carbocycles. The summed E-state index contributed by atoms with van der Waals surface area (Å²) < 4.78 is 0. The summed E-state index contributed by atoms with van der Waals surface area (Å²) >= 11 is 0. The highest BCUT2D eigenvalue weighted by Gasteiger charge is 2.41. The van der Waals surface area contributed by atoms with Crippen molar-refractivity contribution in [3.63, 3.8) is 0 Å². The van der Waals surface area contributed by atoms with E-state index in [2.05, 4.69) is 15.1 Å². The highest BCUT2D eigenvalue weighted by atomic mass is 16.2. The molecule has 0 radical (unpaired) electrons. The third kappa shape index (κ3) is 2.15. The lowest BCUT2D eigenvalue weighted by atomic mass is 10.1. The van der Waals surface area contributed by atoms with E-state index in [1.54, 1.807) is 0 Å². The number of nitrogens with zero attached hydrogens (tertiary/aromatic N) is 2. The number of hydrogen-bond donors (Lipinski definition) is 1. The van der Waals surface area contributed by atoms with Crippen LogP contribution in [0.5, 0.6) is 0 Å². The number of urea groups is 1. The fourth-order valence-corrected chi connectivity index (χ4v) is 3.52. The third-order valence-electron chi connectivity index (χ3n) is 4.51. The van der Waals surface area contributed by atoms with Gasteiger partial charge in [-0.05, 0) is 12.8 Å². The first-order chi connectivity index (χ1) is 8.36. The Labute approximate surface area is 103 Å². The average molecular weight is 237 g/mol. The van der Waals surface area contributed by atoms with Gasteiger partial charge in [0.15, 0.2) is 0 Å². The molecule has 4 heteroatoms. The zero-order valence-corrected chi connectivity index (χ0v) is 10.5. The number of nitrogens with one attached hydrogen (secondary N) is 1. The summed E-state index contributed by atoms with van der Waals surface area (Å²) in [6, 6.07) is 1.26. The predicted octanol–water partition coefficient (Wildman–Crippen LogP) is 1.42. The summed E-state index contributed by atoms with van der Waals surface area (Å²) in [5.74, 6) is 0. The van der Waals surface area contributed by atoms with Crippen LogP contribution in [0.3, 0.4) is 0 Å². The minimum absolute atomic E-state index is 0.309. The van der Waals surface area contributed by atoms with Crippen LogP contribution < -0.4 is 5.32 Å². The predicted molar refractivity (Wildman–Crippen MR) is 67.0 cm³/mol. The molecule has 0 aromatic heterocycles. The number of carbonyl (C=O) groups excluding carboxylic acids is 1. The van der Waals surface area contributed by atoms with Gasteiger partial charge in [-0.15, -0.1) is 0 Å². The number of fused-ring (bicyclic) bond motifs is 1. The quantitative estimate of drug-likeness (QED) is 0.700. The van der Waals surface area contributed by atoms with Gasteiger partial charge in [-0.2, -0.15) is 0 Å². The molecule has 0 bridgehead atoms. The van der Waals surface area contributed by atoms with Gasteiger partial charge in [-0.1, -0.05) is 25.7 Å². The normalized spacial score (nSPS) is 31.5. The molecule has 3 rings (SSSR count). The lowest BCUT2D eigenvalue weighted by Crippen LogP contribution is -2.50. The summed E-state index contributed by atoms with van der Waals surface area (Å²) in [5.41, 5.74) is 0. The lowest BCUT2D eigenvalue weighted by Gasteiger charge is -2.29. The molecule has 1 unspecified atom stereocenters. The molecule has 2 saturated heterocycles. The second kappa shape index (κ2) is 4.84. The van der Waals surface area contributed by atoms with E-state index in [0.29, 0.717) is 18.1 Å². The van der Waals surface area contributed by atoms with E-state index in [-0.39, 0.29) is 0 Å². The SMILES string of the molecule is O=C1N2CCNCC2CN1C1CCCCCC1. The van der Waals surface area contributed by atoms with Crippen LogP contribution in [0.15, 0.2) is 0 Å². The molecule has 17 heavy (non-hydrogen) atoms.